The molecule has 0 saturated heterocycles. The molecule has 3 aromatic rings. The highest BCUT2D eigenvalue weighted by molar-refractivity contribution is 7.99. The minimum atomic E-state index is -0.0869. The van der Waals surface area contributed by atoms with Crippen LogP contribution in [0, 0.1) is 0 Å². The Morgan fingerprint density at radius 3 is 2.69 bits per heavy atom. The summed E-state index contributed by atoms with van der Waals surface area (Å²) < 4.78 is 7.21. The number of aromatic nitrogens is 4. The maximum atomic E-state index is 12.1. The van der Waals surface area contributed by atoms with Gasteiger partial charge in [0, 0.05) is 0 Å². The zero-order valence-electron chi connectivity index (χ0n) is 16.5. The van der Waals surface area contributed by atoms with Crippen molar-refractivity contribution in [3.05, 3.63) is 60.2 Å². The lowest BCUT2D eigenvalue weighted by molar-refractivity contribution is -0.118. The van der Waals surface area contributed by atoms with E-state index in [2.05, 4.69) is 39.9 Å². The standard InChI is InChI=1S/C21H25N5O2S/c1-2-3-7-17-10-12-18(13-11-17)26-21(23-24-25-26)29-16-20(27)22-14-15-28-19-8-5-4-6-9-19/h4-6,8-13H,2-3,7,14-16H2,1H3,(H,22,27). The number of hydrogen-bond acceptors (Lipinski definition) is 6. The molecule has 0 saturated carbocycles. The minimum Gasteiger partial charge on any atom is -0.492 e. The van der Waals surface area contributed by atoms with Crippen molar-refractivity contribution < 1.29 is 9.53 Å². The van der Waals surface area contributed by atoms with Crippen molar-refractivity contribution in [2.24, 2.45) is 0 Å². The van der Waals surface area contributed by atoms with Gasteiger partial charge in [-0.3, -0.25) is 4.79 Å². The first kappa shape index (κ1) is 20.9. The Morgan fingerprint density at radius 1 is 1.14 bits per heavy atom. The number of ether oxygens (including phenoxy) is 1. The van der Waals surface area contributed by atoms with Crippen LogP contribution in [-0.2, 0) is 11.2 Å². The average molecular weight is 412 g/mol. The number of hydrogen-bond donors (Lipinski definition) is 1. The maximum Gasteiger partial charge on any atom is 0.230 e. The van der Waals surface area contributed by atoms with Crippen molar-refractivity contribution in [3.63, 3.8) is 0 Å². The number of nitrogens with one attached hydrogen (secondary N) is 1. The largest absolute Gasteiger partial charge is 0.492 e. The number of carbonyl (C=O) groups is 1. The Balaban J connectivity index is 1.44. The number of tetrazole rings is 1. The number of nitrogens with zero attached hydrogens (tertiary/aromatic N) is 4. The lowest BCUT2D eigenvalue weighted by Gasteiger charge is -2.08. The molecule has 0 atom stereocenters. The summed E-state index contributed by atoms with van der Waals surface area (Å²) in [6.07, 6.45) is 3.43. The molecular formula is C21H25N5O2S. The third-order valence-corrected chi connectivity index (χ3v) is 5.13. The van der Waals surface area contributed by atoms with Gasteiger partial charge in [0.25, 0.3) is 0 Å². The van der Waals surface area contributed by atoms with Crippen molar-refractivity contribution in [1.82, 2.24) is 25.5 Å². The summed E-state index contributed by atoms with van der Waals surface area (Å²) in [4.78, 5) is 12.1. The molecule has 152 valence electrons. The van der Waals surface area contributed by atoms with Gasteiger partial charge in [0.05, 0.1) is 18.0 Å². The summed E-state index contributed by atoms with van der Waals surface area (Å²) in [5.74, 6) is 0.937. The number of rotatable bonds is 11. The molecule has 0 aliphatic rings. The highest BCUT2D eigenvalue weighted by atomic mass is 32.2. The zero-order chi connectivity index (χ0) is 20.3. The van der Waals surface area contributed by atoms with E-state index in [1.165, 1.54) is 30.2 Å². The summed E-state index contributed by atoms with van der Waals surface area (Å²) in [6, 6.07) is 17.7. The normalized spacial score (nSPS) is 10.7. The van der Waals surface area contributed by atoms with Gasteiger partial charge in [-0.1, -0.05) is 55.4 Å². The SMILES string of the molecule is CCCCc1ccc(-n2nnnc2SCC(=O)NCCOc2ccccc2)cc1. The number of amides is 1. The molecule has 0 aliphatic heterocycles. The van der Waals surface area contributed by atoms with Gasteiger partial charge in [0.15, 0.2) is 0 Å². The fourth-order valence-corrected chi connectivity index (χ4v) is 3.39. The van der Waals surface area contributed by atoms with E-state index in [1.807, 2.05) is 42.5 Å². The van der Waals surface area contributed by atoms with E-state index in [4.69, 9.17) is 4.74 Å². The lowest BCUT2D eigenvalue weighted by atomic mass is 10.1. The van der Waals surface area contributed by atoms with Crippen LogP contribution < -0.4 is 10.1 Å². The molecule has 1 amide bonds. The lowest BCUT2D eigenvalue weighted by Crippen LogP contribution is -2.29. The molecule has 1 heterocycles. The van der Waals surface area contributed by atoms with E-state index < -0.39 is 0 Å². The first-order valence-electron chi connectivity index (χ1n) is 9.71. The van der Waals surface area contributed by atoms with Gasteiger partial charge in [-0.05, 0) is 53.1 Å². The highest BCUT2D eigenvalue weighted by Gasteiger charge is 2.11. The second kappa shape index (κ2) is 11.2. The number of aryl methyl sites for hydroxylation is 1. The second-order valence-electron chi connectivity index (χ2n) is 6.44. The fraction of sp³-hybridized carbons (Fsp3) is 0.333. The topological polar surface area (TPSA) is 81.9 Å². The molecule has 0 spiro atoms. The predicted octanol–water partition coefficient (Wildman–Crippen LogP) is 3.29. The van der Waals surface area contributed by atoms with Crippen LogP contribution in [0.3, 0.4) is 0 Å². The molecule has 8 heteroatoms. The van der Waals surface area contributed by atoms with Gasteiger partial charge < -0.3 is 10.1 Å². The summed E-state index contributed by atoms with van der Waals surface area (Å²) in [7, 11) is 0. The first-order chi connectivity index (χ1) is 14.3. The average Bonchev–Trinajstić information content (AvgIpc) is 3.23. The van der Waals surface area contributed by atoms with Crippen molar-refractivity contribution in [1.29, 1.82) is 0 Å². The van der Waals surface area contributed by atoms with Crippen LogP contribution >= 0.6 is 11.8 Å². The molecule has 0 fully saturated rings. The maximum absolute atomic E-state index is 12.1. The van der Waals surface area contributed by atoms with Gasteiger partial charge in [-0.15, -0.1) is 5.10 Å². The van der Waals surface area contributed by atoms with Gasteiger partial charge in [0.2, 0.25) is 11.1 Å². The van der Waals surface area contributed by atoms with Crippen LogP contribution in [0.15, 0.2) is 59.8 Å². The van der Waals surface area contributed by atoms with E-state index in [1.54, 1.807) is 4.68 Å². The van der Waals surface area contributed by atoms with E-state index in [9.17, 15) is 4.79 Å². The minimum absolute atomic E-state index is 0.0869. The molecule has 0 aliphatic carbocycles. The summed E-state index contributed by atoms with van der Waals surface area (Å²) in [5, 5.41) is 15.3. The second-order valence-corrected chi connectivity index (χ2v) is 7.39. The molecule has 0 unspecified atom stereocenters. The van der Waals surface area contributed by atoms with Crippen molar-refractivity contribution >= 4 is 17.7 Å². The van der Waals surface area contributed by atoms with Gasteiger partial charge in [-0.25, -0.2) is 0 Å². The summed E-state index contributed by atoms with van der Waals surface area (Å²) in [6.45, 7) is 3.05. The number of thioether (sulfide) groups is 1. The van der Waals surface area contributed by atoms with Crippen LogP contribution in [0.5, 0.6) is 5.75 Å². The van der Waals surface area contributed by atoms with E-state index in [0.717, 1.165) is 17.9 Å². The molecule has 3 rings (SSSR count). The zero-order valence-corrected chi connectivity index (χ0v) is 17.3. The molecule has 2 aromatic carbocycles. The molecule has 29 heavy (non-hydrogen) atoms. The molecule has 1 N–H and O–H groups in total. The van der Waals surface area contributed by atoms with Crippen LogP contribution in [-0.4, -0.2) is 45.0 Å². The third kappa shape index (κ3) is 6.60. The molecule has 0 radical (unpaired) electrons. The van der Waals surface area contributed by atoms with Gasteiger partial charge in [0.1, 0.15) is 12.4 Å². The van der Waals surface area contributed by atoms with Crippen LogP contribution in [0.1, 0.15) is 25.3 Å². The van der Waals surface area contributed by atoms with Crippen molar-refractivity contribution in [3.8, 4) is 11.4 Å². The van der Waals surface area contributed by atoms with Crippen LogP contribution in [0.4, 0.5) is 0 Å². The first-order valence-corrected chi connectivity index (χ1v) is 10.7. The molecule has 1 aromatic heterocycles. The summed E-state index contributed by atoms with van der Waals surface area (Å²) >= 11 is 1.30. The van der Waals surface area contributed by atoms with E-state index >= 15 is 0 Å². The quantitative estimate of drug-likeness (QED) is 0.385. The Morgan fingerprint density at radius 2 is 1.93 bits per heavy atom. The number of benzene rings is 2. The van der Waals surface area contributed by atoms with Crippen LogP contribution in [0.2, 0.25) is 0 Å². The van der Waals surface area contributed by atoms with Gasteiger partial charge in [-0.2, -0.15) is 4.68 Å². The van der Waals surface area contributed by atoms with Crippen molar-refractivity contribution in [2.45, 2.75) is 31.3 Å². The van der Waals surface area contributed by atoms with Crippen molar-refractivity contribution in [2.75, 3.05) is 18.9 Å². The Hall–Kier alpha value is -2.87. The van der Waals surface area contributed by atoms with Gasteiger partial charge >= 0.3 is 0 Å². The van der Waals surface area contributed by atoms with Crippen LogP contribution in [0.25, 0.3) is 5.69 Å². The highest BCUT2D eigenvalue weighted by Crippen LogP contribution is 2.18. The monoisotopic (exact) mass is 411 g/mol. The molecular weight excluding hydrogens is 386 g/mol. The number of para-hydroxylation sites is 1. The van der Waals surface area contributed by atoms with E-state index in [0.29, 0.717) is 18.3 Å². The Kier molecular flexibility index (Phi) is 8.06. The number of unbranched alkanes of at least 4 members (excludes halogenated alkanes) is 1. The fourth-order valence-electron chi connectivity index (χ4n) is 2.67. The molecule has 7 nitrogen and oxygen atoms in total. The summed E-state index contributed by atoms with van der Waals surface area (Å²) in [5.41, 5.74) is 2.18. The number of carbonyl (C=O) groups excluding carboxylic acids is 1. The van der Waals surface area contributed by atoms with E-state index in [-0.39, 0.29) is 11.7 Å². The third-order valence-electron chi connectivity index (χ3n) is 4.21. The Bertz CT molecular complexity index is 884. The predicted molar refractivity (Wildman–Crippen MR) is 113 cm³/mol. The Labute approximate surface area is 174 Å². The molecule has 0 bridgehead atoms. The smallest absolute Gasteiger partial charge is 0.230 e.